The van der Waals surface area contributed by atoms with E-state index < -0.39 is 53.1 Å². The third kappa shape index (κ3) is 7.12. The Bertz CT molecular complexity index is 2550. The molecule has 5 aliphatic rings. The van der Waals surface area contributed by atoms with Crippen LogP contribution >= 0.6 is 0 Å². The number of hydrogen-bond acceptors (Lipinski definition) is 11. The summed E-state index contributed by atoms with van der Waals surface area (Å²) in [6, 6.07) is 7.52. The molecule has 1 unspecified atom stereocenters. The fourth-order valence-electron chi connectivity index (χ4n) is 10.2. The topological polar surface area (TPSA) is 131 Å². The maximum Gasteiger partial charge on any atom is 0.412 e. The molecule has 0 saturated carbocycles. The predicted molar refractivity (Wildman–Crippen MR) is 227 cm³/mol. The van der Waals surface area contributed by atoms with E-state index in [1.54, 1.807) is 51.1 Å². The first kappa shape index (κ1) is 40.6. The molecular formula is C46H51F2N7O6. The Hall–Kier alpha value is -5.75. The van der Waals surface area contributed by atoms with Gasteiger partial charge in [-0.1, -0.05) is 30.2 Å². The zero-order valence-electron chi connectivity index (χ0n) is 35.6. The van der Waals surface area contributed by atoms with Gasteiger partial charge in [-0.25, -0.2) is 23.4 Å². The van der Waals surface area contributed by atoms with Gasteiger partial charge in [0.2, 0.25) is 5.88 Å². The van der Waals surface area contributed by atoms with E-state index in [1.807, 2.05) is 32.6 Å². The van der Waals surface area contributed by atoms with Crippen LogP contribution in [0.25, 0.3) is 32.9 Å². The van der Waals surface area contributed by atoms with Crippen LogP contribution in [0.4, 0.5) is 29.9 Å². The van der Waals surface area contributed by atoms with E-state index in [-0.39, 0.29) is 60.1 Å². The summed E-state index contributed by atoms with van der Waals surface area (Å²) in [6.07, 6.45) is 5.66. The number of ether oxygens (including phenoxy) is 4. The molecule has 5 aliphatic heterocycles. The van der Waals surface area contributed by atoms with Crippen molar-refractivity contribution in [3.8, 4) is 35.5 Å². The molecule has 13 nitrogen and oxygen atoms in total. The molecule has 0 aliphatic carbocycles. The van der Waals surface area contributed by atoms with Crippen LogP contribution in [0.1, 0.15) is 79.7 Å². The minimum atomic E-state index is -1.02. The van der Waals surface area contributed by atoms with Crippen LogP contribution in [0.15, 0.2) is 42.5 Å². The number of nitrogens with zero attached hydrogens (tertiary/aromatic N) is 6. The Morgan fingerprint density at radius 2 is 1.82 bits per heavy atom. The maximum atomic E-state index is 17.8. The molecular weight excluding hydrogens is 785 g/mol. The Labute approximate surface area is 353 Å². The quantitative estimate of drug-likeness (QED) is 0.154. The summed E-state index contributed by atoms with van der Waals surface area (Å²) in [5.41, 5.74) is -0.0849. The van der Waals surface area contributed by atoms with Crippen LogP contribution in [0.3, 0.4) is 0 Å². The molecule has 2 aromatic heterocycles. The summed E-state index contributed by atoms with van der Waals surface area (Å²) >= 11 is 0. The van der Waals surface area contributed by atoms with Crippen molar-refractivity contribution >= 4 is 45.4 Å². The SMILES string of the molecule is C#Cc1cccc2c(NC(=O)OC(C)(C)C)ccc(-c3nc4c5c(nc(OCC67CC(=C)CN6C[C@H](F)C7)nc5c3F)N3C[C@H]5CC[C@@H]([C@H]3[C@H](C)O4)N5C(=O)OC(C)(C)C)c12. The van der Waals surface area contributed by atoms with Crippen molar-refractivity contribution in [1.82, 2.24) is 24.8 Å². The number of aromatic nitrogens is 3. The lowest BCUT2D eigenvalue weighted by Gasteiger charge is -2.48. The highest BCUT2D eigenvalue weighted by molar-refractivity contribution is 6.10. The number of rotatable bonds is 5. The lowest BCUT2D eigenvalue weighted by molar-refractivity contribution is 0.000914. The van der Waals surface area contributed by atoms with Crippen molar-refractivity contribution in [1.29, 1.82) is 0 Å². The van der Waals surface area contributed by atoms with E-state index in [9.17, 15) is 14.0 Å². The second-order valence-corrected chi connectivity index (χ2v) is 19.1. The van der Waals surface area contributed by atoms with Crippen molar-refractivity contribution in [2.75, 3.05) is 36.5 Å². The van der Waals surface area contributed by atoms with E-state index in [0.29, 0.717) is 59.3 Å². The number of terminal acetylenes is 1. The van der Waals surface area contributed by atoms with Gasteiger partial charge in [-0.2, -0.15) is 9.97 Å². The van der Waals surface area contributed by atoms with E-state index in [0.717, 1.165) is 12.0 Å². The fraction of sp³-hybridized carbons (Fsp3) is 0.500. The van der Waals surface area contributed by atoms with Gasteiger partial charge in [-0.15, -0.1) is 6.42 Å². The highest BCUT2D eigenvalue weighted by atomic mass is 19.1. The number of nitrogens with one attached hydrogen (secondary N) is 1. The van der Waals surface area contributed by atoms with Gasteiger partial charge in [0, 0.05) is 48.0 Å². The van der Waals surface area contributed by atoms with Gasteiger partial charge >= 0.3 is 18.2 Å². The minimum Gasteiger partial charge on any atom is -0.472 e. The third-order valence-electron chi connectivity index (χ3n) is 12.3. The lowest BCUT2D eigenvalue weighted by Crippen LogP contribution is -2.65. The van der Waals surface area contributed by atoms with Gasteiger partial charge in [-0.3, -0.25) is 15.1 Å². The number of pyridine rings is 1. The van der Waals surface area contributed by atoms with Crippen LogP contribution in [0.5, 0.6) is 11.9 Å². The number of carbonyl (C=O) groups excluding carboxylic acids is 2. The Morgan fingerprint density at radius 3 is 2.56 bits per heavy atom. The molecule has 0 radical (unpaired) electrons. The molecule has 2 amide bonds. The second kappa shape index (κ2) is 14.4. The molecule has 320 valence electrons. The first-order valence-electron chi connectivity index (χ1n) is 20.9. The molecule has 6 atom stereocenters. The van der Waals surface area contributed by atoms with Gasteiger partial charge in [0.25, 0.3) is 0 Å². The fourth-order valence-corrected chi connectivity index (χ4v) is 10.2. The first-order valence-corrected chi connectivity index (χ1v) is 20.9. The molecule has 4 fully saturated rings. The monoisotopic (exact) mass is 835 g/mol. The van der Waals surface area contributed by atoms with Gasteiger partial charge in [0.15, 0.2) is 5.82 Å². The van der Waals surface area contributed by atoms with Crippen molar-refractivity contribution in [2.24, 2.45) is 0 Å². The van der Waals surface area contributed by atoms with Crippen LogP contribution in [-0.4, -0.2) is 110 Å². The van der Waals surface area contributed by atoms with Crippen LogP contribution < -0.4 is 19.7 Å². The molecule has 61 heavy (non-hydrogen) atoms. The molecule has 15 heteroatoms. The Kier molecular flexibility index (Phi) is 9.61. The molecule has 4 saturated heterocycles. The highest BCUT2D eigenvalue weighted by Crippen LogP contribution is 2.48. The summed E-state index contributed by atoms with van der Waals surface area (Å²) in [5, 5.41) is 4.08. The number of benzene rings is 2. The first-order chi connectivity index (χ1) is 28.8. The van der Waals surface area contributed by atoms with Crippen molar-refractivity contribution in [3.63, 3.8) is 0 Å². The van der Waals surface area contributed by atoms with Crippen molar-refractivity contribution in [2.45, 2.75) is 121 Å². The average Bonchev–Trinajstić information content (AvgIpc) is 3.73. The van der Waals surface area contributed by atoms with Gasteiger partial charge in [0.1, 0.15) is 52.5 Å². The normalized spacial score (nSPS) is 25.8. The second-order valence-electron chi connectivity index (χ2n) is 19.1. The van der Waals surface area contributed by atoms with Crippen molar-refractivity contribution < 1.29 is 37.3 Å². The minimum absolute atomic E-state index is 0.0695. The Balaban J connectivity index is 1.20. The zero-order chi connectivity index (χ0) is 43.3. The van der Waals surface area contributed by atoms with Crippen molar-refractivity contribution in [3.05, 3.63) is 53.9 Å². The standard InChI is InChI=1S/C46H51F2N7O6/c1-10-26-12-11-13-29-31(49-42(56)60-44(4,5)6)16-15-30(33(26)29)36-35(48)37-34-39(52-41(51-37)58-23-46-18-24(2)20-53(46)21-27(47)19-46)54-22-28-14-17-32(38(54)25(3)59-40(34)50-36)55(28)43(57)61-45(7,8)9/h1,11-13,15-16,25,27-28,32,38H,2,14,17-23H2,3-9H3,(H,49,56)/t25-,27+,28+,32-,38+,46?/m0/s1. The third-order valence-corrected chi connectivity index (χ3v) is 12.3. The van der Waals surface area contributed by atoms with Crippen LogP contribution in [0, 0.1) is 18.2 Å². The molecule has 0 spiro atoms. The molecule has 1 N–H and O–H groups in total. The smallest absolute Gasteiger partial charge is 0.412 e. The van der Waals surface area contributed by atoms with Gasteiger partial charge in [-0.05, 0) is 85.9 Å². The summed E-state index contributed by atoms with van der Waals surface area (Å²) in [5.74, 6) is 2.42. The number of alkyl halides is 1. The number of anilines is 2. The van der Waals surface area contributed by atoms with E-state index in [2.05, 4.69) is 27.6 Å². The van der Waals surface area contributed by atoms with Crippen LogP contribution in [0.2, 0.25) is 0 Å². The molecule has 9 rings (SSSR count). The predicted octanol–water partition coefficient (Wildman–Crippen LogP) is 8.17. The molecule has 7 heterocycles. The van der Waals surface area contributed by atoms with Gasteiger partial charge in [0.05, 0.1) is 29.4 Å². The highest BCUT2D eigenvalue weighted by Gasteiger charge is 2.54. The van der Waals surface area contributed by atoms with Crippen LogP contribution in [-0.2, 0) is 9.47 Å². The summed E-state index contributed by atoms with van der Waals surface area (Å²) < 4.78 is 57.3. The number of halogens is 2. The number of carbonyl (C=O) groups is 2. The number of fused-ring (bicyclic) bond motifs is 7. The molecule has 4 aromatic rings. The summed E-state index contributed by atoms with van der Waals surface area (Å²) in [6.45, 7) is 18.2. The summed E-state index contributed by atoms with van der Waals surface area (Å²) in [7, 11) is 0. The number of piperazine rings is 1. The van der Waals surface area contributed by atoms with E-state index in [1.165, 1.54) is 0 Å². The average molecular weight is 836 g/mol. The largest absolute Gasteiger partial charge is 0.472 e. The summed E-state index contributed by atoms with van der Waals surface area (Å²) in [4.78, 5) is 47.3. The Morgan fingerprint density at radius 1 is 1.05 bits per heavy atom. The zero-order valence-corrected chi connectivity index (χ0v) is 35.6. The molecule has 2 bridgehead atoms. The maximum absolute atomic E-state index is 17.8. The van der Waals surface area contributed by atoms with E-state index in [4.69, 9.17) is 40.3 Å². The molecule has 2 aromatic carbocycles. The van der Waals surface area contributed by atoms with E-state index >= 15 is 4.39 Å². The number of hydrogen-bond donors (Lipinski definition) is 1. The van der Waals surface area contributed by atoms with Gasteiger partial charge < -0.3 is 23.8 Å². The lowest BCUT2D eigenvalue weighted by atomic mass is 9.93. The number of amides is 2.